The summed E-state index contributed by atoms with van der Waals surface area (Å²) in [5.74, 6) is -0.0731. The van der Waals surface area contributed by atoms with E-state index in [9.17, 15) is 22.8 Å². The molecule has 1 saturated heterocycles. The zero-order chi connectivity index (χ0) is 28.5. The normalized spacial score (nSPS) is 15.9. The number of benzene rings is 1. The number of nitrogens with one attached hydrogen (secondary N) is 1. The molecular weight excluding hydrogens is 522 g/mol. The van der Waals surface area contributed by atoms with E-state index in [2.05, 4.69) is 4.72 Å². The van der Waals surface area contributed by atoms with Gasteiger partial charge < -0.3 is 15.2 Å². The van der Waals surface area contributed by atoms with Crippen LogP contribution >= 0.6 is 0 Å². The molecule has 0 bridgehead atoms. The van der Waals surface area contributed by atoms with Gasteiger partial charge in [0.1, 0.15) is 0 Å². The molecule has 3 N–H and O–H groups in total. The van der Waals surface area contributed by atoms with Gasteiger partial charge in [0.15, 0.2) is 16.9 Å². The molecule has 0 radical (unpaired) electrons. The minimum absolute atomic E-state index is 0.0221. The fourth-order valence-electron chi connectivity index (χ4n) is 4.62. The number of aromatic nitrogens is 4. The molecule has 1 aromatic carbocycles. The van der Waals surface area contributed by atoms with E-state index in [4.69, 9.17) is 10.7 Å². The SMILES string of the molecule is CCS(=O)(=O)Nc1cccc(C(=O)Cn2c(=O)c3c(nc(N4CCCC(N)C4)n3CC=C(C)C)n(C)c2=O)c1. The van der Waals surface area contributed by atoms with E-state index in [1.54, 1.807) is 4.57 Å². The Labute approximate surface area is 226 Å². The number of sulfonamides is 1. The molecule has 3 aromatic rings. The number of allylic oxidation sites excluding steroid dienone is 2. The molecule has 39 heavy (non-hydrogen) atoms. The maximum absolute atomic E-state index is 13.8. The number of rotatable bonds is 9. The smallest absolute Gasteiger partial charge is 0.332 e. The Morgan fingerprint density at radius 3 is 2.64 bits per heavy atom. The van der Waals surface area contributed by atoms with Crippen LogP contribution in [0.1, 0.15) is 44.0 Å². The van der Waals surface area contributed by atoms with Crippen LogP contribution in [0.15, 0.2) is 45.5 Å². The molecule has 1 fully saturated rings. The molecule has 1 aliphatic rings. The van der Waals surface area contributed by atoms with Crippen molar-refractivity contribution in [1.82, 2.24) is 18.7 Å². The van der Waals surface area contributed by atoms with Gasteiger partial charge in [0.05, 0.1) is 12.3 Å². The largest absolute Gasteiger partial charge is 0.341 e. The average Bonchev–Trinajstić information content (AvgIpc) is 3.28. The van der Waals surface area contributed by atoms with Gasteiger partial charge in [-0.05, 0) is 45.7 Å². The number of anilines is 2. The number of nitrogens with two attached hydrogens (primary N) is 1. The highest BCUT2D eigenvalue weighted by Gasteiger charge is 2.26. The molecule has 1 atom stereocenters. The lowest BCUT2D eigenvalue weighted by atomic mass is 10.1. The third-order valence-electron chi connectivity index (χ3n) is 6.77. The number of imidazole rings is 1. The van der Waals surface area contributed by atoms with Crippen LogP contribution in [-0.2, 0) is 30.2 Å². The van der Waals surface area contributed by atoms with E-state index >= 15 is 0 Å². The third kappa shape index (κ3) is 5.98. The van der Waals surface area contributed by atoms with Gasteiger partial charge >= 0.3 is 5.69 Å². The Morgan fingerprint density at radius 2 is 1.97 bits per heavy atom. The molecule has 3 heterocycles. The minimum atomic E-state index is -3.54. The number of hydrogen-bond donors (Lipinski definition) is 2. The third-order valence-corrected chi connectivity index (χ3v) is 8.08. The summed E-state index contributed by atoms with van der Waals surface area (Å²) >= 11 is 0. The number of hydrogen-bond acceptors (Lipinski definition) is 8. The number of nitrogens with zero attached hydrogens (tertiary/aromatic N) is 5. The van der Waals surface area contributed by atoms with Crippen molar-refractivity contribution >= 4 is 38.6 Å². The molecule has 0 spiro atoms. The van der Waals surface area contributed by atoms with Gasteiger partial charge in [-0.25, -0.2) is 13.2 Å². The lowest BCUT2D eigenvalue weighted by molar-refractivity contribution is 0.0969. The summed E-state index contributed by atoms with van der Waals surface area (Å²) in [5, 5.41) is 0. The summed E-state index contributed by atoms with van der Waals surface area (Å²) in [6.07, 6.45) is 3.76. The van der Waals surface area contributed by atoms with E-state index in [1.807, 2.05) is 24.8 Å². The van der Waals surface area contributed by atoms with E-state index in [0.717, 1.165) is 29.5 Å². The van der Waals surface area contributed by atoms with Crippen LogP contribution in [0.3, 0.4) is 0 Å². The fraction of sp³-hybridized carbons (Fsp3) is 0.462. The van der Waals surface area contributed by atoms with Crippen LogP contribution in [0.2, 0.25) is 0 Å². The quantitative estimate of drug-likeness (QED) is 0.296. The monoisotopic (exact) mass is 557 g/mol. The van der Waals surface area contributed by atoms with Gasteiger partial charge in [0.2, 0.25) is 16.0 Å². The molecule has 0 amide bonds. The highest BCUT2D eigenvalue weighted by molar-refractivity contribution is 7.92. The Morgan fingerprint density at radius 1 is 1.23 bits per heavy atom. The van der Waals surface area contributed by atoms with E-state index < -0.39 is 33.6 Å². The molecule has 210 valence electrons. The fourth-order valence-corrected chi connectivity index (χ4v) is 5.25. The Bertz CT molecular complexity index is 1660. The van der Waals surface area contributed by atoms with Crippen LogP contribution in [0, 0.1) is 0 Å². The number of Topliss-reactive ketones (excluding diaryl/α,β-unsaturated/α-hetero) is 1. The summed E-state index contributed by atoms with van der Waals surface area (Å²) in [7, 11) is -2.02. The lowest BCUT2D eigenvalue weighted by Gasteiger charge is -2.31. The summed E-state index contributed by atoms with van der Waals surface area (Å²) in [4.78, 5) is 47.0. The average molecular weight is 558 g/mol. The maximum atomic E-state index is 13.8. The number of fused-ring (bicyclic) bond motifs is 1. The molecule has 0 aliphatic carbocycles. The summed E-state index contributed by atoms with van der Waals surface area (Å²) in [6, 6.07) is 5.94. The Kier molecular flexibility index (Phi) is 8.12. The van der Waals surface area contributed by atoms with Crippen molar-refractivity contribution in [3.05, 3.63) is 62.3 Å². The molecule has 2 aromatic heterocycles. The zero-order valence-electron chi connectivity index (χ0n) is 22.7. The van der Waals surface area contributed by atoms with E-state index in [-0.39, 0.29) is 34.2 Å². The van der Waals surface area contributed by atoms with Crippen LogP contribution in [0.4, 0.5) is 11.6 Å². The van der Waals surface area contributed by atoms with Crippen molar-refractivity contribution in [3.63, 3.8) is 0 Å². The molecule has 13 heteroatoms. The first-order valence-electron chi connectivity index (χ1n) is 12.9. The predicted molar refractivity (Wildman–Crippen MR) is 152 cm³/mol. The van der Waals surface area contributed by atoms with Crippen molar-refractivity contribution in [1.29, 1.82) is 0 Å². The van der Waals surface area contributed by atoms with E-state index in [1.165, 1.54) is 42.8 Å². The first-order valence-corrected chi connectivity index (χ1v) is 14.5. The topological polar surface area (TPSA) is 154 Å². The predicted octanol–water partition coefficient (Wildman–Crippen LogP) is 1.43. The molecule has 1 aliphatic heterocycles. The van der Waals surface area contributed by atoms with Crippen molar-refractivity contribution in [2.24, 2.45) is 12.8 Å². The number of ketones is 1. The molecule has 4 rings (SSSR count). The number of piperidine rings is 1. The first-order chi connectivity index (χ1) is 18.4. The van der Waals surface area contributed by atoms with Gasteiger partial charge in [0.25, 0.3) is 5.56 Å². The maximum Gasteiger partial charge on any atom is 0.332 e. The molecule has 1 unspecified atom stereocenters. The summed E-state index contributed by atoms with van der Waals surface area (Å²) in [6.45, 7) is 6.57. The van der Waals surface area contributed by atoms with Crippen LogP contribution in [-0.4, -0.2) is 57.8 Å². The van der Waals surface area contributed by atoms with Gasteiger partial charge in [-0.3, -0.25) is 23.4 Å². The summed E-state index contributed by atoms with van der Waals surface area (Å²) in [5.41, 5.74) is 6.83. The highest BCUT2D eigenvalue weighted by Crippen LogP contribution is 2.23. The van der Waals surface area contributed by atoms with Crippen molar-refractivity contribution in [2.75, 3.05) is 28.5 Å². The van der Waals surface area contributed by atoms with Crippen LogP contribution in [0.5, 0.6) is 0 Å². The number of carbonyl (C=O) groups excluding carboxylic acids is 1. The number of aryl methyl sites for hydroxylation is 1. The van der Waals surface area contributed by atoms with Crippen molar-refractivity contribution in [3.8, 4) is 0 Å². The van der Waals surface area contributed by atoms with Gasteiger partial charge in [-0.2, -0.15) is 4.98 Å². The second-order valence-electron chi connectivity index (χ2n) is 10.1. The zero-order valence-corrected chi connectivity index (χ0v) is 23.5. The standard InChI is InChI=1S/C26H35N7O5S/c1-5-39(37,38)29-20-10-6-8-18(14-20)21(34)16-33-24(35)22-23(30(4)26(33)36)28-25(32(22)13-11-17(2)3)31-12-7-9-19(27)15-31/h6,8,10-11,14,19,29H,5,7,9,12-13,15-16,27H2,1-4H3. The lowest BCUT2D eigenvalue weighted by Crippen LogP contribution is -2.44. The molecular formula is C26H35N7O5S. The second kappa shape index (κ2) is 11.2. The minimum Gasteiger partial charge on any atom is -0.341 e. The second-order valence-corrected chi connectivity index (χ2v) is 12.1. The summed E-state index contributed by atoms with van der Waals surface area (Å²) < 4.78 is 30.3. The number of carbonyl (C=O) groups is 1. The van der Waals surface area contributed by atoms with Crippen molar-refractivity contribution in [2.45, 2.75) is 52.7 Å². The first kappa shape index (κ1) is 28.3. The van der Waals surface area contributed by atoms with Gasteiger partial charge in [-0.1, -0.05) is 23.8 Å². The van der Waals surface area contributed by atoms with Gasteiger partial charge in [-0.15, -0.1) is 0 Å². The Hall–Kier alpha value is -3.71. The van der Waals surface area contributed by atoms with Crippen LogP contribution < -0.4 is 26.6 Å². The van der Waals surface area contributed by atoms with Gasteiger partial charge in [0, 0.05) is 44.0 Å². The highest BCUT2D eigenvalue weighted by atomic mass is 32.2. The van der Waals surface area contributed by atoms with E-state index in [0.29, 0.717) is 19.0 Å². The van der Waals surface area contributed by atoms with Crippen molar-refractivity contribution < 1.29 is 13.2 Å². The Balaban J connectivity index is 1.80. The molecule has 12 nitrogen and oxygen atoms in total. The van der Waals surface area contributed by atoms with Crippen LogP contribution in [0.25, 0.3) is 11.2 Å². The molecule has 0 saturated carbocycles.